The molecule has 0 aromatic heterocycles. The molecule has 0 N–H and O–H groups in total. The molecule has 1 aliphatic heterocycles. The minimum Gasteiger partial charge on any atom is -0.297 e. The predicted molar refractivity (Wildman–Crippen MR) is 55.6 cm³/mol. The summed E-state index contributed by atoms with van der Waals surface area (Å²) in [5.41, 5.74) is 1.22. The van der Waals surface area contributed by atoms with E-state index in [9.17, 15) is 4.39 Å². The number of halogens is 1. The van der Waals surface area contributed by atoms with E-state index in [0.717, 1.165) is 0 Å². The number of rotatable bonds is 2. The van der Waals surface area contributed by atoms with E-state index >= 15 is 0 Å². The topological polar surface area (TPSA) is 3.24 Å². The second kappa shape index (κ2) is 4.09. The molecule has 0 spiro atoms. The minimum absolute atomic E-state index is 0.151. The first kappa shape index (κ1) is 9.66. The molecular formula is C12H16FN. The maximum atomic E-state index is 12.7. The number of hydrogen-bond donors (Lipinski definition) is 0. The Morgan fingerprint density at radius 3 is 2.29 bits per heavy atom. The van der Waals surface area contributed by atoms with Gasteiger partial charge in [-0.15, -0.1) is 0 Å². The van der Waals surface area contributed by atoms with Crippen molar-refractivity contribution in [3.8, 4) is 0 Å². The third kappa shape index (κ3) is 1.95. The highest BCUT2D eigenvalue weighted by Gasteiger charge is 2.18. The Morgan fingerprint density at radius 1 is 1.14 bits per heavy atom. The first-order chi connectivity index (χ1) is 6.77. The lowest BCUT2D eigenvalue weighted by atomic mass is 10.1. The third-order valence-corrected chi connectivity index (χ3v) is 3.04. The van der Waals surface area contributed by atoms with E-state index in [2.05, 4.69) is 11.8 Å². The standard InChI is InChI=1S/C12H16FN/c1-10(14-8-2-3-9-14)11-4-6-12(13)7-5-11/h4-7,10H,2-3,8-9H2,1H3/t10-/m0/s1. The van der Waals surface area contributed by atoms with Gasteiger partial charge in [0.1, 0.15) is 5.82 Å². The van der Waals surface area contributed by atoms with Gasteiger partial charge in [0.05, 0.1) is 0 Å². The van der Waals surface area contributed by atoms with Gasteiger partial charge in [-0.3, -0.25) is 4.90 Å². The van der Waals surface area contributed by atoms with Gasteiger partial charge >= 0.3 is 0 Å². The molecule has 0 aliphatic carbocycles. The van der Waals surface area contributed by atoms with Gasteiger partial charge in [-0.25, -0.2) is 4.39 Å². The molecule has 1 fully saturated rings. The maximum absolute atomic E-state index is 12.7. The lowest BCUT2D eigenvalue weighted by Gasteiger charge is -2.23. The Labute approximate surface area is 84.5 Å². The Balaban J connectivity index is 2.09. The lowest BCUT2D eigenvalue weighted by molar-refractivity contribution is 0.263. The van der Waals surface area contributed by atoms with E-state index in [-0.39, 0.29) is 5.82 Å². The van der Waals surface area contributed by atoms with Crippen LogP contribution in [0.15, 0.2) is 24.3 Å². The van der Waals surface area contributed by atoms with Gasteiger partial charge in [-0.2, -0.15) is 0 Å². The van der Waals surface area contributed by atoms with Crippen LogP contribution >= 0.6 is 0 Å². The van der Waals surface area contributed by atoms with E-state index in [1.165, 1.54) is 31.5 Å². The molecule has 1 saturated heterocycles. The largest absolute Gasteiger partial charge is 0.297 e. The first-order valence-electron chi connectivity index (χ1n) is 5.27. The molecule has 1 aromatic rings. The van der Waals surface area contributed by atoms with Crippen molar-refractivity contribution >= 4 is 0 Å². The fourth-order valence-electron chi connectivity index (χ4n) is 2.08. The van der Waals surface area contributed by atoms with Gasteiger partial charge in [0.2, 0.25) is 0 Å². The molecule has 1 aromatic carbocycles. The molecule has 1 aliphatic rings. The fourth-order valence-corrected chi connectivity index (χ4v) is 2.08. The summed E-state index contributed by atoms with van der Waals surface area (Å²) < 4.78 is 12.7. The summed E-state index contributed by atoms with van der Waals surface area (Å²) in [4.78, 5) is 2.45. The molecule has 0 unspecified atom stereocenters. The highest BCUT2D eigenvalue weighted by atomic mass is 19.1. The SMILES string of the molecule is C[C@@H](c1ccc(F)cc1)N1CCCC1. The summed E-state index contributed by atoms with van der Waals surface area (Å²) in [6, 6.07) is 7.29. The zero-order valence-corrected chi connectivity index (χ0v) is 8.54. The molecule has 0 saturated carbocycles. The van der Waals surface area contributed by atoms with Crippen molar-refractivity contribution in [3.05, 3.63) is 35.6 Å². The summed E-state index contributed by atoms with van der Waals surface area (Å²) >= 11 is 0. The second-order valence-electron chi connectivity index (χ2n) is 3.97. The summed E-state index contributed by atoms with van der Waals surface area (Å²) in [5.74, 6) is -0.151. The monoisotopic (exact) mass is 193 g/mol. The molecule has 14 heavy (non-hydrogen) atoms. The predicted octanol–water partition coefficient (Wildman–Crippen LogP) is 2.98. The van der Waals surface area contributed by atoms with E-state index < -0.39 is 0 Å². The van der Waals surface area contributed by atoms with Crippen LogP contribution in [0.25, 0.3) is 0 Å². The summed E-state index contributed by atoms with van der Waals surface area (Å²) in [5, 5.41) is 0. The summed E-state index contributed by atoms with van der Waals surface area (Å²) in [7, 11) is 0. The fraction of sp³-hybridized carbons (Fsp3) is 0.500. The molecule has 2 heteroatoms. The van der Waals surface area contributed by atoms with Crippen molar-refractivity contribution in [2.75, 3.05) is 13.1 Å². The Kier molecular flexibility index (Phi) is 2.82. The van der Waals surface area contributed by atoms with Crippen molar-refractivity contribution in [2.45, 2.75) is 25.8 Å². The third-order valence-electron chi connectivity index (χ3n) is 3.04. The van der Waals surface area contributed by atoms with Crippen LogP contribution in [0.1, 0.15) is 31.4 Å². The van der Waals surface area contributed by atoms with Crippen molar-refractivity contribution in [1.82, 2.24) is 4.90 Å². The van der Waals surface area contributed by atoms with Gasteiger partial charge in [0.15, 0.2) is 0 Å². The molecule has 76 valence electrons. The van der Waals surface area contributed by atoms with Crippen molar-refractivity contribution in [3.63, 3.8) is 0 Å². The highest BCUT2D eigenvalue weighted by molar-refractivity contribution is 5.19. The normalized spacial score (nSPS) is 19.9. The van der Waals surface area contributed by atoms with Crippen molar-refractivity contribution in [1.29, 1.82) is 0 Å². The van der Waals surface area contributed by atoms with Crippen LogP contribution in [0.2, 0.25) is 0 Å². The molecule has 2 rings (SSSR count). The molecular weight excluding hydrogens is 177 g/mol. The van der Waals surface area contributed by atoms with Crippen LogP contribution < -0.4 is 0 Å². The molecule has 0 radical (unpaired) electrons. The summed E-state index contributed by atoms with van der Waals surface area (Å²) in [6.45, 7) is 4.55. The molecule has 1 heterocycles. The molecule has 0 amide bonds. The Hall–Kier alpha value is -0.890. The van der Waals surface area contributed by atoms with Crippen LogP contribution in [-0.2, 0) is 0 Å². The molecule has 1 nitrogen and oxygen atoms in total. The number of hydrogen-bond acceptors (Lipinski definition) is 1. The first-order valence-corrected chi connectivity index (χ1v) is 5.27. The maximum Gasteiger partial charge on any atom is 0.123 e. The van der Waals surface area contributed by atoms with Crippen LogP contribution in [-0.4, -0.2) is 18.0 Å². The van der Waals surface area contributed by atoms with Crippen molar-refractivity contribution in [2.24, 2.45) is 0 Å². The van der Waals surface area contributed by atoms with Crippen LogP contribution in [0, 0.1) is 5.82 Å². The minimum atomic E-state index is -0.151. The zero-order valence-electron chi connectivity index (χ0n) is 8.54. The Bertz CT molecular complexity index is 288. The Morgan fingerprint density at radius 2 is 1.71 bits per heavy atom. The average Bonchev–Trinajstić information content (AvgIpc) is 2.71. The van der Waals surface area contributed by atoms with E-state index in [4.69, 9.17) is 0 Å². The van der Waals surface area contributed by atoms with Crippen LogP contribution in [0.4, 0.5) is 4.39 Å². The van der Waals surface area contributed by atoms with Gasteiger partial charge in [-0.05, 0) is 50.6 Å². The summed E-state index contributed by atoms with van der Waals surface area (Å²) in [6.07, 6.45) is 2.59. The van der Waals surface area contributed by atoms with Gasteiger partial charge in [0, 0.05) is 6.04 Å². The van der Waals surface area contributed by atoms with Gasteiger partial charge in [0.25, 0.3) is 0 Å². The van der Waals surface area contributed by atoms with Gasteiger partial charge < -0.3 is 0 Å². The van der Waals surface area contributed by atoms with Crippen molar-refractivity contribution < 1.29 is 4.39 Å². The van der Waals surface area contributed by atoms with Gasteiger partial charge in [-0.1, -0.05) is 12.1 Å². The lowest BCUT2D eigenvalue weighted by Crippen LogP contribution is -2.23. The average molecular weight is 193 g/mol. The van der Waals surface area contributed by atoms with E-state index in [1.54, 1.807) is 12.1 Å². The molecule has 1 atom stereocenters. The molecule has 0 bridgehead atoms. The quantitative estimate of drug-likeness (QED) is 0.698. The van der Waals surface area contributed by atoms with E-state index in [0.29, 0.717) is 6.04 Å². The van der Waals surface area contributed by atoms with Crippen LogP contribution in [0.3, 0.4) is 0 Å². The second-order valence-corrected chi connectivity index (χ2v) is 3.97. The number of likely N-dealkylation sites (tertiary alicyclic amines) is 1. The van der Waals surface area contributed by atoms with Crippen LogP contribution in [0.5, 0.6) is 0 Å². The number of benzene rings is 1. The number of nitrogens with zero attached hydrogens (tertiary/aromatic N) is 1. The smallest absolute Gasteiger partial charge is 0.123 e. The van der Waals surface area contributed by atoms with E-state index in [1.807, 2.05) is 12.1 Å². The zero-order chi connectivity index (χ0) is 9.97. The highest BCUT2D eigenvalue weighted by Crippen LogP contribution is 2.24.